The number of carbonyl (C=O) groups is 1. The Bertz CT molecular complexity index is 1060. The first kappa shape index (κ1) is 18.9. The average molecular weight is 403 g/mol. The number of amides is 1. The lowest BCUT2D eigenvalue weighted by atomic mass is 10.2. The Labute approximate surface area is 160 Å². The first-order valence-electron chi connectivity index (χ1n) is 8.02. The van der Waals surface area contributed by atoms with Crippen LogP contribution in [0.15, 0.2) is 58.9 Å². The molecule has 2 aromatic heterocycles. The molecule has 140 valence electrons. The number of aryl methyl sites for hydroxylation is 1. The maximum atomic E-state index is 12.4. The van der Waals surface area contributed by atoms with Crippen molar-refractivity contribution in [3.8, 4) is 11.6 Å². The van der Waals surface area contributed by atoms with E-state index in [1.807, 2.05) is 6.92 Å². The number of thiophene rings is 1. The number of primary amides is 1. The maximum absolute atomic E-state index is 12.4. The number of nitrogens with zero attached hydrogens (tertiary/aromatic N) is 1. The lowest BCUT2D eigenvalue weighted by molar-refractivity contribution is 0.1000. The molecule has 9 heteroatoms. The first-order chi connectivity index (χ1) is 12.9. The van der Waals surface area contributed by atoms with E-state index in [0.29, 0.717) is 17.0 Å². The lowest BCUT2D eigenvalue weighted by Crippen LogP contribution is -2.11. The van der Waals surface area contributed by atoms with E-state index in [9.17, 15) is 13.2 Å². The molecule has 0 saturated heterocycles. The summed E-state index contributed by atoms with van der Waals surface area (Å²) in [5, 5.41) is 0. The van der Waals surface area contributed by atoms with E-state index in [-0.39, 0.29) is 10.1 Å². The van der Waals surface area contributed by atoms with Gasteiger partial charge in [-0.1, -0.05) is 13.0 Å². The quantitative estimate of drug-likeness (QED) is 0.628. The summed E-state index contributed by atoms with van der Waals surface area (Å²) in [5.41, 5.74) is 5.88. The SMILES string of the molecule is CCc1ccc(S(=O)(=O)Nc2ccc(Oc3cccc(C(N)=O)c3)nc2)s1. The number of nitrogens with two attached hydrogens (primary N) is 1. The van der Waals surface area contributed by atoms with Crippen molar-refractivity contribution in [2.45, 2.75) is 17.6 Å². The van der Waals surface area contributed by atoms with Gasteiger partial charge in [-0.2, -0.15) is 0 Å². The van der Waals surface area contributed by atoms with Crippen LogP contribution in [0.1, 0.15) is 22.2 Å². The van der Waals surface area contributed by atoms with Crippen molar-refractivity contribution >= 4 is 33.0 Å². The lowest BCUT2D eigenvalue weighted by Gasteiger charge is -2.08. The molecule has 3 aromatic rings. The number of anilines is 1. The molecule has 0 atom stereocenters. The summed E-state index contributed by atoms with van der Waals surface area (Å²) < 4.78 is 33.1. The van der Waals surface area contributed by atoms with Gasteiger partial charge in [-0.25, -0.2) is 13.4 Å². The zero-order valence-electron chi connectivity index (χ0n) is 14.4. The molecule has 0 aliphatic carbocycles. The van der Waals surface area contributed by atoms with Crippen LogP contribution in [0.25, 0.3) is 0 Å². The van der Waals surface area contributed by atoms with Gasteiger partial charge in [0.05, 0.1) is 11.9 Å². The zero-order chi connectivity index (χ0) is 19.4. The van der Waals surface area contributed by atoms with Gasteiger partial charge in [0.15, 0.2) is 0 Å². The molecule has 3 rings (SSSR count). The molecule has 0 fully saturated rings. The number of carbonyl (C=O) groups excluding carboxylic acids is 1. The highest BCUT2D eigenvalue weighted by atomic mass is 32.2. The molecule has 0 aliphatic heterocycles. The number of benzene rings is 1. The Morgan fingerprint density at radius 3 is 2.67 bits per heavy atom. The topological polar surface area (TPSA) is 111 Å². The molecule has 0 aliphatic rings. The van der Waals surface area contributed by atoms with Gasteiger partial charge < -0.3 is 10.5 Å². The molecule has 3 N–H and O–H groups in total. The summed E-state index contributed by atoms with van der Waals surface area (Å²) in [4.78, 5) is 16.3. The number of sulfonamides is 1. The van der Waals surface area contributed by atoms with Crippen molar-refractivity contribution in [1.82, 2.24) is 4.98 Å². The van der Waals surface area contributed by atoms with Gasteiger partial charge in [0.25, 0.3) is 10.0 Å². The highest BCUT2D eigenvalue weighted by molar-refractivity contribution is 7.94. The van der Waals surface area contributed by atoms with Gasteiger partial charge in [0, 0.05) is 16.5 Å². The molecule has 0 radical (unpaired) electrons. The Kier molecular flexibility index (Phi) is 5.43. The van der Waals surface area contributed by atoms with E-state index in [1.165, 1.54) is 29.7 Å². The van der Waals surface area contributed by atoms with Crippen molar-refractivity contribution in [2.24, 2.45) is 5.73 Å². The normalized spacial score (nSPS) is 11.1. The minimum atomic E-state index is -3.65. The Morgan fingerprint density at radius 1 is 1.22 bits per heavy atom. The van der Waals surface area contributed by atoms with Crippen LogP contribution >= 0.6 is 11.3 Å². The highest BCUT2D eigenvalue weighted by Gasteiger charge is 2.17. The van der Waals surface area contributed by atoms with E-state index in [0.717, 1.165) is 11.3 Å². The van der Waals surface area contributed by atoms with Crippen molar-refractivity contribution in [3.63, 3.8) is 0 Å². The van der Waals surface area contributed by atoms with Gasteiger partial charge in [-0.05, 0) is 42.8 Å². The summed E-state index contributed by atoms with van der Waals surface area (Å²) in [5.74, 6) is 0.0970. The van der Waals surface area contributed by atoms with Crippen molar-refractivity contribution < 1.29 is 17.9 Å². The van der Waals surface area contributed by atoms with E-state index in [1.54, 1.807) is 36.4 Å². The second kappa shape index (κ2) is 7.77. The summed E-state index contributed by atoms with van der Waals surface area (Å²) in [6, 6.07) is 12.8. The second-order valence-corrected chi connectivity index (χ2v) is 8.64. The highest BCUT2D eigenvalue weighted by Crippen LogP contribution is 2.25. The number of aromatic nitrogens is 1. The molecule has 0 saturated carbocycles. The fourth-order valence-corrected chi connectivity index (χ4v) is 4.57. The smallest absolute Gasteiger partial charge is 0.271 e. The molecule has 27 heavy (non-hydrogen) atoms. The maximum Gasteiger partial charge on any atom is 0.271 e. The van der Waals surface area contributed by atoms with Crippen LogP contribution < -0.4 is 15.2 Å². The molecular formula is C18H17N3O4S2. The average Bonchev–Trinajstić information content (AvgIpc) is 3.14. The zero-order valence-corrected chi connectivity index (χ0v) is 16.0. The van der Waals surface area contributed by atoms with Crippen LogP contribution in [0.4, 0.5) is 5.69 Å². The Morgan fingerprint density at radius 2 is 2.04 bits per heavy atom. The summed E-state index contributed by atoms with van der Waals surface area (Å²) in [6.07, 6.45) is 2.14. The van der Waals surface area contributed by atoms with Crippen molar-refractivity contribution in [3.05, 3.63) is 65.2 Å². The van der Waals surface area contributed by atoms with Gasteiger partial charge in [-0.15, -0.1) is 11.3 Å². The number of nitrogens with one attached hydrogen (secondary N) is 1. The molecule has 1 amide bonds. The predicted molar refractivity (Wildman–Crippen MR) is 104 cm³/mol. The molecule has 2 heterocycles. The summed E-state index contributed by atoms with van der Waals surface area (Å²) >= 11 is 1.23. The number of rotatable bonds is 7. The van der Waals surface area contributed by atoms with Crippen LogP contribution in [-0.4, -0.2) is 19.3 Å². The standard InChI is InChI=1S/C18H17N3O4S2/c1-2-15-7-9-17(26-15)27(23,24)21-13-6-8-16(20-11-13)25-14-5-3-4-12(10-14)18(19)22/h3-11,21H,2H2,1H3,(H2,19,22). The van der Waals surface area contributed by atoms with Crippen LogP contribution in [0.5, 0.6) is 11.6 Å². The minimum absolute atomic E-state index is 0.253. The molecule has 1 aromatic carbocycles. The van der Waals surface area contributed by atoms with Crippen LogP contribution in [-0.2, 0) is 16.4 Å². The third kappa shape index (κ3) is 4.63. The molecule has 0 unspecified atom stereocenters. The number of hydrogen-bond donors (Lipinski definition) is 2. The van der Waals surface area contributed by atoms with E-state index >= 15 is 0 Å². The van der Waals surface area contributed by atoms with Gasteiger partial charge >= 0.3 is 0 Å². The fraction of sp³-hybridized carbons (Fsp3) is 0.111. The minimum Gasteiger partial charge on any atom is -0.439 e. The molecule has 0 bridgehead atoms. The van der Waals surface area contributed by atoms with E-state index < -0.39 is 15.9 Å². The van der Waals surface area contributed by atoms with E-state index in [2.05, 4.69) is 9.71 Å². The monoisotopic (exact) mass is 403 g/mol. The molecule has 7 nitrogen and oxygen atoms in total. The molecule has 0 spiro atoms. The first-order valence-corrected chi connectivity index (χ1v) is 10.3. The number of ether oxygens (including phenoxy) is 1. The van der Waals surface area contributed by atoms with Gasteiger partial charge in [0.1, 0.15) is 9.96 Å². The van der Waals surface area contributed by atoms with E-state index in [4.69, 9.17) is 10.5 Å². The fourth-order valence-electron chi connectivity index (χ4n) is 2.23. The number of hydrogen-bond acceptors (Lipinski definition) is 6. The third-order valence-electron chi connectivity index (χ3n) is 3.58. The van der Waals surface area contributed by atoms with Crippen molar-refractivity contribution in [2.75, 3.05) is 4.72 Å². The van der Waals surface area contributed by atoms with Crippen molar-refractivity contribution in [1.29, 1.82) is 0 Å². The van der Waals surface area contributed by atoms with Crippen LogP contribution in [0, 0.1) is 0 Å². The van der Waals surface area contributed by atoms with Gasteiger partial charge in [-0.3, -0.25) is 9.52 Å². The molecular weight excluding hydrogens is 386 g/mol. The predicted octanol–water partition coefficient (Wildman–Crippen LogP) is 3.40. The number of pyridine rings is 1. The van der Waals surface area contributed by atoms with Gasteiger partial charge in [0.2, 0.25) is 11.8 Å². The summed E-state index contributed by atoms with van der Waals surface area (Å²) in [6.45, 7) is 1.97. The summed E-state index contributed by atoms with van der Waals surface area (Å²) in [7, 11) is -3.65. The Balaban J connectivity index is 1.72. The largest absolute Gasteiger partial charge is 0.439 e. The van der Waals surface area contributed by atoms with Crippen LogP contribution in [0.3, 0.4) is 0 Å². The Hall–Kier alpha value is -2.91. The van der Waals surface area contributed by atoms with Crippen LogP contribution in [0.2, 0.25) is 0 Å². The second-order valence-electron chi connectivity index (χ2n) is 5.56. The third-order valence-corrected chi connectivity index (χ3v) is 6.68.